The van der Waals surface area contributed by atoms with Crippen molar-refractivity contribution in [1.82, 2.24) is 15.1 Å². The van der Waals surface area contributed by atoms with Crippen molar-refractivity contribution in [1.29, 1.82) is 0 Å². The molecule has 1 amide bonds. The number of carbonyl (C=O) groups excluding carboxylic acids is 1. The van der Waals surface area contributed by atoms with E-state index in [1.54, 1.807) is 19.1 Å². The van der Waals surface area contributed by atoms with Gasteiger partial charge in [-0.2, -0.15) is 0 Å². The average Bonchev–Trinajstić information content (AvgIpc) is 2.96. The van der Waals surface area contributed by atoms with Gasteiger partial charge in [0.2, 0.25) is 5.95 Å². The van der Waals surface area contributed by atoms with Crippen molar-refractivity contribution in [2.45, 2.75) is 13.8 Å². The predicted octanol–water partition coefficient (Wildman–Crippen LogP) is 3.73. The summed E-state index contributed by atoms with van der Waals surface area (Å²) in [7, 11) is 0. The fraction of sp³-hybridized carbons (Fsp3) is 0.125. The first kappa shape index (κ1) is 15.9. The van der Waals surface area contributed by atoms with Crippen molar-refractivity contribution in [3.8, 4) is 0 Å². The molecule has 0 saturated carbocycles. The number of hydrogen-bond acceptors (Lipinski definition) is 6. The van der Waals surface area contributed by atoms with Crippen LogP contribution in [0.3, 0.4) is 0 Å². The van der Waals surface area contributed by atoms with E-state index in [9.17, 15) is 4.79 Å². The van der Waals surface area contributed by atoms with E-state index in [2.05, 4.69) is 25.8 Å². The van der Waals surface area contributed by atoms with Crippen molar-refractivity contribution in [3.05, 3.63) is 58.6 Å². The van der Waals surface area contributed by atoms with E-state index in [1.807, 2.05) is 19.1 Å². The number of aromatic nitrogens is 3. The van der Waals surface area contributed by atoms with Gasteiger partial charge in [0.05, 0.1) is 0 Å². The first-order valence-electron chi connectivity index (χ1n) is 7.12. The zero-order valence-corrected chi connectivity index (χ0v) is 13.8. The quantitative estimate of drug-likeness (QED) is 0.749. The van der Waals surface area contributed by atoms with Crippen LogP contribution in [0.4, 0.5) is 17.5 Å². The Morgan fingerprint density at radius 3 is 2.75 bits per heavy atom. The number of benzene rings is 1. The maximum absolute atomic E-state index is 12.2. The van der Waals surface area contributed by atoms with Crippen LogP contribution < -0.4 is 10.6 Å². The van der Waals surface area contributed by atoms with Crippen LogP contribution in [0.25, 0.3) is 0 Å². The van der Waals surface area contributed by atoms with Crippen molar-refractivity contribution in [3.63, 3.8) is 0 Å². The van der Waals surface area contributed by atoms with Crippen molar-refractivity contribution >= 4 is 35.0 Å². The molecule has 0 radical (unpaired) electrons. The number of carbonyl (C=O) groups is 1. The summed E-state index contributed by atoms with van der Waals surface area (Å²) in [5.74, 6) is 0.817. The Hall–Kier alpha value is -2.93. The molecule has 7 nitrogen and oxygen atoms in total. The molecule has 0 saturated heterocycles. The lowest BCUT2D eigenvalue weighted by atomic mass is 10.2. The van der Waals surface area contributed by atoms with Gasteiger partial charge in [-0.15, -0.1) is 0 Å². The molecule has 0 spiro atoms. The summed E-state index contributed by atoms with van der Waals surface area (Å²) < 4.78 is 4.90. The zero-order chi connectivity index (χ0) is 17.1. The number of nitrogens with zero attached hydrogens (tertiary/aromatic N) is 3. The molecule has 2 N–H and O–H groups in total. The van der Waals surface area contributed by atoms with E-state index in [1.165, 1.54) is 12.3 Å². The summed E-state index contributed by atoms with van der Waals surface area (Å²) in [6.45, 7) is 3.65. The van der Waals surface area contributed by atoms with Gasteiger partial charge in [-0.1, -0.05) is 22.8 Å². The molecule has 0 fully saturated rings. The van der Waals surface area contributed by atoms with Crippen LogP contribution >= 0.6 is 11.6 Å². The molecule has 3 rings (SSSR count). The molecule has 122 valence electrons. The molecule has 0 aliphatic carbocycles. The maximum atomic E-state index is 12.2. The molecule has 3 aromatic rings. The van der Waals surface area contributed by atoms with E-state index in [4.69, 9.17) is 16.1 Å². The Morgan fingerprint density at radius 2 is 2.04 bits per heavy atom. The van der Waals surface area contributed by atoms with Gasteiger partial charge in [0, 0.05) is 23.0 Å². The van der Waals surface area contributed by atoms with Gasteiger partial charge in [0.25, 0.3) is 5.91 Å². The smallest absolute Gasteiger partial charge is 0.275 e. The summed E-state index contributed by atoms with van der Waals surface area (Å²) >= 11 is 6.09. The molecule has 0 aliphatic rings. The summed E-state index contributed by atoms with van der Waals surface area (Å²) in [6.07, 6.45) is 1.49. The highest BCUT2D eigenvalue weighted by Gasteiger charge is 2.11. The number of aryl methyl sites for hydroxylation is 2. The first-order valence-corrected chi connectivity index (χ1v) is 7.50. The van der Waals surface area contributed by atoms with Gasteiger partial charge < -0.3 is 15.2 Å². The molecule has 0 bridgehead atoms. The Balaban J connectivity index is 1.75. The van der Waals surface area contributed by atoms with Gasteiger partial charge in [0.1, 0.15) is 11.5 Å². The second-order valence-electron chi connectivity index (χ2n) is 5.13. The fourth-order valence-electron chi connectivity index (χ4n) is 1.95. The monoisotopic (exact) mass is 343 g/mol. The minimum absolute atomic E-state index is 0.200. The highest BCUT2D eigenvalue weighted by Crippen LogP contribution is 2.21. The third-order valence-corrected chi connectivity index (χ3v) is 3.59. The third-order valence-electron chi connectivity index (χ3n) is 3.19. The molecular weight excluding hydrogens is 330 g/mol. The fourth-order valence-corrected chi connectivity index (χ4v) is 2.13. The number of nitrogens with one attached hydrogen (secondary N) is 2. The molecular formula is C16H14ClN5O2. The molecule has 24 heavy (non-hydrogen) atoms. The standard InChI is InChI=1S/C16H14ClN5O2/c1-9-3-4-11(8-12(9)17)19-16-18-6-5-13(20-16)15(23)21-14-7-10(2)24-22-14/h3-8H,1-2H3,(H,18,19,20)(H,21,22,23). The summed E-state index contributed by atoms with van der Waals surface area (Å²) in [6, 6.07) is 8.64. The lowest BCUT2D eigenvalue weighted by Gasteiger charge is -2.07. The maximum Gasteiger partial charge on any atom is 0.275 e. The number of hydrogen-bond donors (Lipinski definition) is 2. The van der Waals surface area contributed by atoms with Crippen molar-refractivity contribution < 1.29 is 9.32 Å². The summed E-state index contributed by atoms with van der Waals surface area (Å²) in [4.78, 5) is 20.5. The predicted molar refractivity (Wildman–Crippen MR) is 90.7 cm³/mol. The van der Waals surface area contributed by atoms with Crippen LogP contribution in [0, 0.1) is 13.8 Å². The van der Waals surface area contributed by atoms with Crippen molar-refractivity contribution in [2.24, 2.45) is 0 Å². The zero-order valence-electron chi connectivity index (χ0n) is 13.0. The summed E-state index contributed by atoms with van der Waals surface area (Å²) in [5, 5.41) is 9.96. The van der Waals surface area contributed by atoms with Gasteiger partial charge in [-0.3, -0.25) is 4.79 Å². The molecule has 2 aromatic heterocycles. The van der Waals surface area contributed by atoms with Gasteiger partial charge >= 0.3 is 0 Å². The van der Waals surface area contributed by atoms with Crippen LogP contribution in [0.15, 0.2) is 41.1 Å². The van der Waals surface area contributed by atoms with E-state index in [-0.39, 0.29) is 5.69 Å². The van der Waals surface area contributed by atoms with E-state index in [0.29, 0.717) is 22.5 Å². The number of rotatable bonds is 4. The largest absolute Gasteiger partial charge is 0.360 e. The van der Waals surface area contributed by atoms with E-state index >= 15 is 0 Å². The summed E-state index contributed by atoms with van der Waals surface area (Å²) in [5.41, 5.74) is 1.90. The van der Waals surface area contributed by atoms with Gasteiger partial charge in [-0.25, -0.2) is 9.97 Å². The SMILES string of the molecule is Cc1cc(NC(=O)c2ccnc(Nc3ccc(C)c(Cl)c3)n2)no1. The second-order valence-corrected chi connectivity index (χ2v) is 5.54. The highest BCUT2D eigenvalue weighted by molar-refractivity contribution is 6.31. The molecule has 8 heteroatoms. The average molecular weight is 344 g/mol. The Kier molecular flexibility index (Phi) is 4.43. The Morgan fingerprint density at radius 1 is 1.21 bits per heavy atom. The third kappa shape index (κ3) is 3.69. The van der Waals surface area contributed by atoms with E-state index in [0.717, 1.165) is 11.3 Å². The van der Waals surface area contributed by atoms with Gasteiger partial charge in [0.15, 0.2) is 5.82 Å². The Bertz CT molecular complexity index is 894. The van der Waals surface area contributed by atoms with Crippen LogP contribution in [0.5, 0.6) is 0 Å². The second kappa shape index (κ2) is 6.67. The number of anilines is 3. The van der Waals surface area contributed by atoms with Crippen LogP contribution in [0.1, 0.15) is 21.8 Å². The number of amides is 1. The number of halogens is 1. The first-order chi connectivity index (χ1) is 11.5. The van der Waals surface area contributed by atoms with Crippen LogP contribution in [0.2, 0.25) is 5.02 Å². The van der Waals surface area contributed by atoms with Crippen molar-refractivity contribution in [2.75, 3.05) is 10.6 Å². The topological polar surface area (TPSA) is 92.9 Å². The van der Waals surface area contributed by atoms with Gasteiger partial charge in [-0.05, 0) is 37.6 Å². The van der Waals surface area contributed by atoms with Crippen LogP contribution in [-0.2, 0) is 0 Å². The lowest BCUT2D eigenvalue weighted by molar-refractivity contribution is 0.102. The molecule has 0 aliphatic heterocycles. The molecule has 2 heterocycles. The van der Waals surface area contributed by atoms with Crippen LogP contribution in [-0.4, -0.2) is 21.0 Å². The van der Waals surface area contributed by atoms with E-state index < -0.39 is 5.91 Å². The highest BCUT2D eigenvalue weighted by atomic mass is 35.5. The minimum Gasteiger partial charge on any atom is -0.360 e. The lowest BCUT2D eigenvalue weighted by Crippen LogP contribution is -2.15. The Labute approximate surface area is 143 Å². The molecule has 0 atom stereocenters. The molecule has 0 unspecified atom stereocenters. The minimum atomic E-state index is -0.407. The molecule has 1 aromatic carbocycles. The normalized spacial score (nSPS) is 10.5.